The van der Waals surface area contributed by atoms with Gasteiger partial charge in [0.2, 0.25) is 0 Å². The minimum absolute atomic E-state index is 0.0902. The van der Waals surface area contributed by atoms with Gasteiger partial charge in [0.25, 0.3) is 0 Å². The van der Waals surface area contributed by atoms with E-state index in [1.807, 2.05) is 44.2 Å². The van der Waals surface area contributed by atoms with Crippen molar-refractivity contribution < 1.29 is 15.0 Å². The van der Waals surface area contributed by atoms with E-state index in [1.54, 1.807) is 7.05 Å². The van der Waals surface area contributed by atoms with Crippen LogP contribution in [0.25, 0.3) is 0 Å². The summed E-state index contributed by atoms with van der Waals surface area (Å²) in [5.74, 6) is -1.17. The zero-order valence-corrected chi connectivity index (χ0v) is 12.4. The Hall–Kier alpha value is -1.39. The average Bonchev–Trinajstić information content (AvgIpc) is 2.39. The summed E-state index contributed by atoms with van der Waals surface area (Å²) in [7, 11) is 1.79. The number of carboxylic acid groups (broad SMARTS) is 1. The molecule has 0 aromatic heterocycles. The second-order valence-corrected chi connectivity index (χ2v) is 5.59. The number of hydrogen-bond acceptors (Lipinski definition) is 3. The summed E-state index contributed by atoms with van der Waals surface area (Å²) in [6, 6.07) is 9.45. The number of carboxylic acids is 1. The third-order valence-electron chi connectivity index (χ3n) is 3.67. The molecule has 0 aliphatic carbocycles. The fourth-order valence-corrected chi connectivity index (χ4v) is 2.58. The largest absolute Gasteiger partial charge is 0.481 e. The third-order valence-corrected chi connectivity index (χ3v) is 3.67. The van der Waals surface area contributed by atoms with E-state index in [-0.39, 0.29) is 18.4 Å². The van der Waals surface area contributed by atoms with Gasteiger partial charge in [-0.3, -0.25) is 4.79 Å². The monoisotopic (exact) mass is 279 g/mol. The lowest BCUT2D eigenvalue weighted by Crippen LogP contribution is -2.43. The molecule has 1 rings (SSSR count). The smallest absolute Gasteiger partial charge is 0.306 e. The molecule has 0 spiro atoms. The molecule has 0 radical (unpaired) electrons. The van der Waals surface area contributed by atoms with Gasteiger partial charge in [-0.05, 0) is 31.4 Å². The SMILES string of the molecule is CNC(C(C)C)C(O)CC(Cc1ccccc1)C(=O)O. The molecule has 4 nitrogen and oxygen atoms in total. The average molecular weight is 279 g/mol. The summed E-state index contributed by atoms with van der Waals surface area (Å²) in [4.78, 5) is 11.4. The van der Waals surface area contributed by atoms with Crippen LogP contribution in [0, 0.1) is 11.8 Å². The van der Waals surface area contributed by atoms with Crippen LogP contribution < -0.4 is 5.32 Å². The van der Waals surface area contributed by atoms with E-state index in [9.17, 15) is 15.0 Å². The molecule has 20 heavy (non-hydrogen) atoms. The van der Waals surface area contributed by atoms with Gasteiger partial charge in [0.1, 0.15) is 0 Å². The molecule has 0 saturated heterocycles. The number of aliphatic hydroxyl groups excluding tert-OH is 1. The second kappa shape index (κ2) is 8.02. The lowest BCUT2D eigenvalue weighted by Gasteiger charge is -2.28. The van der Waals surface area contributed by atoms with Crippen LogP contribution in [-0.4, -0.2) is 35.4 Å². The van der Waals surface area contributed by atoms with E-state index >= 15 is 0 Å². The quantitative estimate of drug-likeness (QED) is 0.680. The molecule has 1 aromatic rings. The van der Waals surface area contributed by atoms with E-state index in [2.05, 4.69) is 5.32 Å². The van der Waals surface area contributed by atoms with Crippen LogP contribution in [0.3, 0.4) is 0 Å². The van der Waals surface area contributed by atoms with Crippen LogP contribution in [0.1, 0.15) is 25.8 Å². The summed E-state index contributed by atoms with van der Waals surface area (Å²) in [5.41, 5.74) is 0.984. The van der Waals surface area contributed by atoms with Gasteiger partial charge in [-0.25, -0.2) is 0 Å². The Labute approximate surface area is 120 Å². The first-order chi connectivity index (χ1) is 9.45. The normalized spacial score (nSPS) is 15.8. The van der Waals surface area contributed by atoms with Crippen LogP contribution >= 0.6 is 0 Å². The summed E-state index contributed by atoms with van der Waals surface area (Å²) in [6.07, 6.45) is 0.0418. The molecule has 4 heteroatoms. The summed E-state index contributed by atoms with van der Waals surface area (Å²) in [6.45, 7) is 4.02. The lowest BCUT2D eigenvalue weighted by molar-refractivity contribution is -0.143. The zero-order valence-electron chi connectivity index (χ0n) is 12.4. The topological polar surface area (TPSA) is 69.6 Å². The first-order valence-electron chi connectivity index (χ1n) is 7.07. The number of hydrogen-bond donors (Lipinski definition) is 3. The number of likely N-dealkylation sites (N-methyl/N-ethyl adjacent to an activating group) is 1. The van der Waals surface area contributed by atoms with Crippen molar-refractivity contribution in [1.82, 2.24) is 5.32 Å². The van der Waals surface area contributed by atoms with Gasteiger partial charge < -0.3 is 15.5 Å². The maximum absolute atomic E-state index is 11.4. The number of benzene rings is 1. The van der Waals surface area contributed by atoms with Gasteiger partial charge in [-0.15, -0.1) is 0 Å². The van der Waals surface area contributed by atoms with Gasteiger partial charge in [0, 0.05) is 6.04 Å². The molecule has 3 atom stereocenters. The van der Waals surface area contributed by atoms with Crippen LogP contribution in [0.2, 0.25) is 0 Å². The van der Waals surface area contributed by atoms with E-state index in [1.165, 1.54) is 0 Å². The maximum atomic E-state index is 11.4. The standard InChI is InChI=1S/C16H25NO3/c1-11(2)15(17-3)14(18)10-13(16(19)20)9-12-7-5-4-6-8-12/h4-8,11,13-15,17-18H,9-10H2,1-3H3,(H,19,20). The first-order valence-corrected chi connectivity index (χ1v) is 7.07. The Kier molecular flexibility index (Phi) is 6.68. The highest BCUT2D eigenvalue weighted by Crippen LogP contribution is 2.19. The molecular formula is C16H25NO3. The Bertz CT molecular complexity index is 405. The molecule has 0 amide bonds. The minimum Gasteiger partial charge on any atom is -0.481 e. The summed E-state index contributed by atoms with van der Waals surface area (Å²) in [5, 5.41) is 22.7. The molecule has 112 valence electrons. The summed E-state index contributed by atoms with van der Waals surface area (Å²) >= 11 is 0. The molecule has 0 bridgehead atoms. The predicted molar refractivity (Wildman–Crippen MR) is 79.6 cm³/mol. The Morgan fingerprint density at radius 3 is 2.30 bits per heavy atom. The van der Waals surface area contributed by atoms with E-state index in [0.29, 0.717) is 6.42 Å². The number of aliphatic carboxylic acids is 1. The van der Waals surface area contributed by atoms with Crippen molar-refractivity contribution in [2.45, 2.75) is 38.8 Å². The van der Waals surface area contributed by atoms with Gasteiger partial charge in [-0.1, -0.05) is 44.2 Å². The Morgan fingerprint density at radius 1 is 1.25 bits per heavy atom. The fraction of sp³-hybridized carbons (Fsp3) is 0.562. The second-order valence-electron chi connectivity index (χ2n) is 5.59. The van der Waals surface area contributed by atoms with Crippen molar-refractivity contribution >= 4 is 5.97 Å². The zero-order chi connectivity index (χ0) is 15.1. The lowest BCUT2D eigenvalue weighted by atomic mass is 9.88. The highest BCUT2D eigenvalue weighted by Gasteiger charge is 2.27. The predicted octanol–water partition coefficient (Wildman–Crippen LogP) is 1.92. The molecule has 1 aromatic carbocycles. The van der Waals surface area contributed by atoms with Crippen molar-refractivity contribution in [3.05, 3.63) is 35.9 Å². The van der Waals surface area contributed by atoms with Crippen LogP contribution in [0.5, 0.6) is 0 Å². The molecule has 0 saturated carbocycles. The van der Waals surface area contributed by atoms with Gasteiger partial charge >= 0.3 is 5.97 Å². The minimum atomic E-state index is -0.855. The van der Waals surface area contributed by atoms with Crippen molar-refractivity contribution in [1.29, 1.82) is 0 Å². The number of nitrogens with one attached hydrogen (secondary N) is 1. The van der Waals surface area contributed by atoms with Gasteiger partial charge in [0.15, 0.2) is 0 Å². The third kappa shape index (κ3) is 4.94. The number of rotatable bonds is 8. The number of aliphatic hydroxyl groups is 1. The van der Waals surface area contributed by atoms with Crippen molar-refractivity contribution in [2.24, 2.45) is 11.8 Å². The fourth-order valence-electron chi connectivity index (χ4n) is 2.58. The molecule has 3 N–H and O–H groups in total. The number of carbonyl (C=O) groups is 1. The highest BCUT2D eigenvalue weighted by atomic mass is 16.4. The molecule has 0 fully saturated rings. The molecular weight excluding hydrogens is 254 g/mol. The van der Waals surface area contributed by atoms with Crippen LogP contribution in [0.4, 0.5) is 0 Å². The highest BCUT2D eigenvalue weighted by molar-refractivity contribution is 5.70. The summed E-state index contributed by atoms with van der Waals surface area (Å²) < 4.78 is 0. The van der Waals surface area contributed by atoms with Crippen molar-refractivity contribution in [3.8, 4) is 0 Å². The molecule has 0 aliphatic heterocycles. The van der Waals surface area contributed by atoms with E-state index in [4.69, 9.17) is 0 Å². The van der Waals surface area contributed by atoms with Crippen LogP contribution in [-0.2, 0) is 11.2 Å². The first kappa shape index (κ1) is 16.7. The van der Waals surface area contributed by atoms with Gasteiger partial charge in [-0.2, -0.15) is 0 Å². The van der Waals surface area contributed by atoms with E-state index in [0.717, 1.165) is 5.56 Å². The van der Waals surface area contributed by atoms with Crippen molar-refractivity contribution in [3.63, 3.8) is 0 Å². The van der Waals surface area contributed by atoms with Gasteiger partial charge in [0.05, 0.1) is 12.0 Å². The molecule has 3 unspecified atom stereocenters. The molecule has 0 aliphatic rings. The molecule has 0 heterocycles. The van der Waals surface area contributed by atoms with Crippen LogP contribution in [0.15, 0.2) is 30.3 Å². The Balaban J connectivity index is 2.70. The van der Waals surface area contributed by atoms with E-state index < -0.39 is 18.0 Å². The maximum Gasteiger partial charge on any atom is 0.306 e. The Morgan fingerprint density at radius 2 is 1.85 bits per heavy atom. The van der Waals surface area contributed by atoms with Crippen molar-refractivity contribution in [2.75, 3.05) is 7.05 Å².